The summed E-state index contributed by atoms with van der Waals surface area (Å²) in [6.07, 6.45) is 0. The van der Waals surface area contributed by atoms with E-state index < -0.39 is 5.97 Å². The first-order valence-corrected chi connectivity index (χ1v) is 8.85. The van der Waals surface area contributed by atoms with Crippen molar-refractivity contribution >= 4 is 5.97 Å². The first-order chi connectivity index (χ1) is 12.5. The lowest BCUT2D eigenvalue weighted by Crippen LogP contribution is -2.11. The Morgan fingerprint density at radius 1 is 0.808 bits per heavy atom. The van der Waals surface area contributed by atoms with Crippen LogP contribution in [0.3, 0.4) is 0 Å². The van der Waals surface area contributed by atoms with Gasteiger partial charge in [-0.15, -0.1) is 0 Å². The maximum absolute atomic E-state index is 12.6. The summed E-state index contributed by atoms with van der Waals surface area (Å²) in [6.45, 7) is 11.0. The van der Waals surface area contributed by atoms with Crippen molar-refractivity contribution in [3.63, 3.8) is 0 Å². The number of aryl methyl sites for hydroxylation is 2. The first-order valence-electron chi connectivity index (χ1n) is 8.85. The van der Waals surface area contributed by atoms with Crippen molar-refractivity contribution in [1.82, 2.24) is 0 Å². The van der Waals surface area contributed by atoms with Gasteiger partial charge in [0.25, 0.3) is 0 Å². The van der Waals surface area contributed by atoms with E-state index in [2.05, 4.69) is 0 Å². The average Bonchev–Trinajstić information content (AvgIpc) is 2.61. The number of carbonyl (C=O) groups is 1. The van der Waals surface area contributed by atoms with E-state index in [1.54, 1.807) is 18.2 Å². The van der Waals surface area contributed by atoms with Gasteiger partial charge in [0.15, 0.2) is 11.5 Å². The van der Waals surface area contributed by atoms with Crippen LogP contribution in [0.25, 0.3) is 0 Å². The summed E-state index contributed by atoms with van der Waals surface area (Å²) in [5.74, 6) is 1.46. The molecule has 2 aromatic carbocycles. The number of ether oxygens (including phenoxy) is 4. The maximum atomic E-state index is 12.6. The smallest absolute Gasteiger partial charge is 0.343 e. The van der Waals surface area contributed by atoms with Crippen LogP contribution in [0.5, 0.6) is 23.0 Å². The van der Waals surface area contributed by atoms with Crippen LogP contribution in [-0.4, -0.2) is 25.8 Å². The molecule has 0 unspecified atom stereocenters. The van der Waals surface area contributed by atoms with Crippen LogP contribution in [0.2, 0.25) is 0 Å². The van der Waals surface area contributed by atoms with Crippen LogP contribution in [0.15, 0.2) is 30.3 Å². The maximum Gasteiger partial charge on any atom is 0.343 e. The summed E-state index contributed by atoms with van der Waals surface area (Å²) in [7, 11) is 0. The van der Waals surface area contributed by atoms with Crippen molar-refractivity contribution in [2.45, 2.75) is 34.6 Å². The van der Waals surface area contributed by atoms with Gasteiger partial charge in [0, 0.05) is 0 Å². The van der Waals surface area contributed by atoms with Gasteiger partial charge in [-0.2, -0.15) is 0 Å². The standard InChI is InChI=1S/C21H26O5/c1-6-23-18-12-16(13-19(24-7-2)20(18)25-8-3)21(22)26-17-10-9-14(4)15(5)11-17/h9-13H,6-8H2,1-5H3. The normalized spacial score (nSPS) is 10.3. The molecule has 26 heavy (non-hydrogen) atoms. The number of esters is 1. The van der Waals surface area contributed by atoms with Gasteiger partial charge in [-0.05, 0) is 70.0 Å². The van der Waals surface area contributed by atoms with E-state index in [-0.39, 0.29) is 0 Å². The predicted molar refractivity (Wildman–Crippen MR) is 101 cm³/mol. The van der Waals surface area contributed by atoms with Crippen molar-refractivity contribution in [2.75, 3.05) is 19.8 Å². The van der Waals surface area contributed by atoms with Gasteiger partial charge in [0.05, 0.1) is 25.4 Å². The molecule has 0 aliphatic rings. The van der Waals surface area contributed by atoms with Crippen LogP contribution in [0, 0.1) is 13.8 Å². The molecule has 0 N–H and O–H groups in total. The van der Waals surface area contributed by atoms with E-state index in [1.165, 1.54) is 0 Å². The van der Waals surface area contributed by atoms with E-state index in [0.29, 0.717) is 48.4 Å². The van der Waals surface area contributed by atoms with Crippen LogP contribution in [0.1, 0.15) is 42.3 Å². The lowest BCUT2D eigenvalue weighted by molar-refractivity contribution is 0.0733. The quantitative estimate of drug-likeness (QED) is 0.505. The molecule has 0 spiro atoms. The molecule has 0 bridgehead atoms. The summed E-state index contributed by atoms with van der Waals surface area (Å²) in [6, 6.07) is 8.80. The Morgan fingerprint density at radius 3 is 1.88 bits per heavy atom. The van der Waals surface area contributed by atoms with Crippen molar-refractivity contribution in [1.29, 1.82) is 0 Å². The minimum absolute atomic E-state index is 0.346. The van der Waals surface area contributed by atoms with Crippen LogP contribution >= 0.6 is 0 Å². The zero-order chi connectivity index (χ0) is 19.1. The molecule has 0 saturated heterocycles. The molecule has 5 heteroatoms. The molecule has 2 aromatic rings. The van der Waals surface area contributed by atoms with Crippen molar-refractivity contribution in [3.05, 3.63) is 47.0 Å². The highest BCUT2D eigenvalue weighted by Gasteiger charge is 2.19. The third kappa shape index (κ3) is 4.69. The molecule has 0 saturated carbocycles. The number of rotatable bonds is 8. The molecule has 5 nitrogen and oxygen atoms in total. The fourth-order valence-electron chi connectivity index (χ4n) is 2.45. The van der Waals surface area contributed by atoms with E-state index in [1.807, 2.05) is 46.8 Å². The molecular weight excluding hydrogens is 332 g/mol. The highest BCUT2D eigenvalue weighted by atomic mass is 16.5. The molecule has 0 atom stereocenters. The van der Waals surface area contributed by atoms with Gasteiger partial charge in [0.2, 0.25) is 5.75 Å². The molecule has 0 radical (unpaired) electrons. The Morgan fingerprint density at radius 2 is 1.38 bits per heavy atom. The fourth-order valence-corrected chi connectivity index (χ4v) is 2.45. The van der Waals surface area contributed by atoms with Crippen LogP contribution in [-0.2, 0) is 0 Å². The van der Waals surface area contributed by atoms with E-state index in [9.17, 15) is 4.79 Å². The summed E-state index contributed by atoms with van der Waals surface area (Å²) in [4.78, 5) is 12.6. The van der Waals surface area contributed by atoms with Crippen molar-refractivity contribution < 1.29 is 23.7 Å². The molecule has 0 amide bonds. The third-order valence-electron chi connectivity index (χ3n) is 3.83. The minimum atomic E-state index is -0.474. The Hall–Kier alpha value is -2.69. The lowest BCUT2D eigenvalue weighted by Gasteiger charge is -2.17. The van der Waals surface area contributed by atoms with Gasteiger partial charge in [-0.25, -0.2) is 4.79 Å². The lowest BCUT2D eigenvalue weighted by atomic mass is 10.1. The van der Waals surface area contributed by atoms with Crippen LogP contribution < -0.4 is 18.9 Å². The number of benzene rings is 2. The highest BCUT2D eigenvalue weighted by molar-refractivity contribution is 5.92. The van der Waals surface area contributed by atoms with Crippen molar-refractivity contribution in [3.8, 4) is 23.0 Å². The molecule has 0 aliphatic carbocycles. The Labute approximate surface area is 154 Å². The summed E-state index contributed by atoms with van der Waals surface area (Å²) < 4.78 is 22.4. The Balaban J connectivity index is 2.36. The summed E-state index contributed by atoms with van der Waals surface area (Å²) in [5, 5.41) is 0. The third-order valence-corrected chi connectivity index (χ3v) is 3.83. The van der Waals surface area contributed by atoms with Crippen LogP contribution in [0.4, 0.5) is 0 Å². The zero-order valence-electron chi connectivity index (χ0n) is 16.0. The highest BCUT2D eigenvalue weighted by Crippen LogP contribution is 2.39. The second-order valence-corrected chi connectivity index (χ2v) is 5.74. The van der Waals surface area contributed by atoms with Gasteiger partial charge < -0.3 is 18.9 Å². The Kier molecular flexibility index (Phi) is 6.89. The van der Waals surface area contributed by atoms with E-state index in [0.717, 1.165) is 11.1 Å². The largest absolute Gasteiger partial charge is 0.490 e. The zero-order valence-corrected chi connectivity index (χ0v) is 16.0. The second kappa shape index (κ2) is 9.13. The molecular formula is C21H26O5. The predicted octanol–water partition coefficient (Wildman–Crippen LogP) is 4.72. The fraction of sp³-hybridized carbons (Fsp3) is 0.381. The molecule has 2 rings (SSSR count). The molecule has 140 valence electrons. The molecule has 0 aliphatic heterocycles. The number of hydrogen-bond donors (Lipinski definition) is 0. The second-order valence-electron chi connectivity index (χ2n) is 5.74. The topological polar surface area (TPSA) is 54.0 Å². The number of carbonyl (C=O) groups excluding carboxylic acids is 1. The summed E-state index contributed by atoms with van der Waals surface area (Å²) >= 11 is 0. The minimum Gasteiger partial charge on any atom is -0.490 e. The monoisotopic (exact) mass is 358 g/mol. The van der Waals surface area contributed by atoms with Crippen molar-refractivity contribution in [2.24, 2.45) is 0 Å². The van der Waals surface area contributed by atoms with Gasteiger partial charge >= 0.3 is 5.97 Å². The molecule has 0 fully saturated rings. The average molecular weight is 358 g/mol. The Bertz CT molecular complexity index is 740. The summed E-state index contributed by atoms with van der Waals surface area (Å²) in [5.41, 5.74) is 2.55. The van der Waals surface area contributed by atoms with Gasteiger partial charge in [-0.1, -0.05) is 6.07 Å². The molecule has 0 aromatic heterocycles. The van der Waals surface area contributed by atoms with E-state index in [4.69, 9.17) is 18.9 Å². The van der Waals surface area contributed by atoms with Gasteiger partial charge in [0.1, 0.15) is 5.75 Å². The SMILES string of the molecule is CCOc1cc(C(=O)Oc2ccc(C)c(C)c2)cc(OCC)c1OCC. The van der Waals surface area contributed by atoms with Gasteiger partial charge in [-0.3, -0.25) is 0 Å². The molecule has 0 heterocycles. The first kappa shape index (κ1) is 19.6. The van der Waals surface area contributed by atoms with E-state index >= 15 is 0 Å². The number of hydrogen-bond acceptors (Lipinski definition) is 5.